The quantitative estimate of drug-likeness (QED) is 0.282. The molecule has 37 heavy (non-hydrogen) atoms. The van der Waals surface area contributed by atoms with E-state index in [1.807, 2.05) is 25.1 Å². The van der Waals surface area contributed by atoms with Crippen molar-refractivity contribution in [2.75, 3.05) is 22.7 Å². The van der Waals surface area contributed by atoms with Crippen molar-refractivity contribution >= 4 is 62.7 Å². The van der Waals surface area contributed by atoms with Crippen LogP contribution < -0.4 is 20.1 Å². The molecular formula is C26H33I2N5O4. The molecule has 0 bridgehead atoms. The Morgan fingerprint density at radius 1 is 1.22 bits per heavy atom. The number of nitrogens with one attached hydrogen (secondary N) is 2. The van der Waals surface area contributed by atoms with E-state index in [0.717, 1.165) is 36.9 Å². The Bertz CT molecular complexity index is 1160. The van der Waals surface area contributed by atoms with Gasteiger partial charge in [-0.3, -0.25) is 14.3 Å². The summed E-state index contributed by atoms with van der Waals surface area (Å²) in [6, 6.07) is 7.54. The SMILES string of the molecule is C=C1c2cc(C(=O)NCc3ccc(OC)c(OCI)c3)nn2CC(CI)(C(=O)NC2CCCC2)N1CC. The summed E-state index contributed by atoms with van der Waals surface area (Å²) in [5.41, 5.74) is 1.83. The highest BCUT2D eigenvalue weighted by molar-refractivity contribution is 14.1. The van der Waals surface area contributed by atoms with Crippen LogP contribution in [0.25, 0.3) is 5.70 Å². The number of carbonyl (C=O) groups is 2. The summed E-state index contributed by atoms with van der Waals surface area (Å²) in [5, 5.41) is 10.8. The number of ether oxygens (including phenoxy) is 2. The van der Waals surface area contributed by atoms with Gasteiger partial charge in [0.05, 0.1) is 25.0 Å². The second-order valence-corrected chi connectivity index (χ2v) is 10.7. The number of benzene rings is 1. The zero-order valence-corrected chi connectivity index (χ0v) is 25.5. The average molecular weight is 733 g/mol. The van der Waals surface area contributed by atoms with E-state index in [2.05, 4.69) is 72.4 Å². The van der Waals surface area contributed by atoms with Gasteiger partial charge in [0.2, 0.25) is 5.91 Å². The van der Waals surface area contributed by atoms with Crippen LogP contribution in [0.15, 0.2) is 30.8 Å². The summed E-state index contributed by atoms with van der Waals surface area (Å²) in [7, 11) is 1.59. The maximum atomic E-state index is 13.6. The monoisotopic (exact) mass is 733 g/mol. The van der Waals surface area contributed by atoms with E-state index in [1.54, 1.807) is 17.9 Å². The van der Waals surface area contributed by atoms with Crippen LogP contribution >= 0.6 is 45.2 Å². The Kier molecular flexibility index (Phi) is 9.24. The molecule has 9 nitrogen and oxygen atoms in total. The Balaban J connectivity index is 1.52. The lowest BCUT2D eigenvalue weighted by Gasteiger charge is -2.47. The normalized spacial score (nSPS) is 19.5. The Morgan fingerprint density at radius 3 is 2.62 bits per heavy atom. The van der Waals surface area contributed by atoms with Crippen LogP contribution in [0.4, 0.5) is 0 Å². The van der Waals surface area contributed by atoms with Gasteiger partial charge in [0.15, 0.2) is 17.2 Å². The number of alkyl halides is 2. The molecule has 1 unspecified atom stereocenters. The first-order valence-electron chi connectivity index (χ1n) is 12.4. The third kappa shape index (κ3) is 5.71. The molecule has 1 aromatic carbocycles. The molecule has 2 aliphatic rings. The summed E-state index contributed by atoms with van der Waals surface area (Å²) in [5.74, 6) is 0.986. The minimum Gasteiger partial charge on any atom is -0.493 e. The van der Waals surface area contributed by atoms with Crippen LogP contribution in [0.3, 0.4) is 0 Å². The molecule has 2 N–H and O–H groups in total. The fraction of sp³-hybridized carbons (Fsp3) is 0.500. The van der Waals surface area contributed by atoms with Crippen molar-refractivity contribution in [3.05, 3.63) is 47.8 Å². The lowest BCUT2D eigenvalue weighted by atomic mass is 9.93. The number of amides is 2. The Morgan fingerprint density at radius 2 is 1.97 bits per heavy atom. The van der Waals surface area contributed by atoms with Crippen LogP contribution in [0.2, 0.25) is 0 Å². The number of hydrogen-bond donors (Lipinski definition) is 2. The van der Waals surface area contributed by atoms with Crippen molar-refractivity contribution in [2.24, 2.45) is 0 Å². The number of halogens is 2. The molecule has 1 atom stereocenters. The maximum absolute atomic E-state index is 13.6. The van der Waals surface area contributed by atoms with E-state index in [4.69, 9.17) is 9.47 Å². The fourth-order valence-corrected chi connectivity index (χ4v) is 6.47. The van der Waals surface area contributed by atoms with Gasteiger partial charge in [-0.1, -0.05) is 48.1 Å². The van der Waals surface area contributed by atoms with Crippen molar-refractivity contribution in [3.63, 3.8) is 0 Å². The minimum atomic E-state index is -0.806. The molecule has 1 aliphatic carbocycles. The molecule has 1 fully saturated rings. The molecule has 2 heterocycles. The highest BCUT2D eigenvalue weighted by atomic mass is 127. The van der Waals surface area contributed by atoms with E-state index in [9.17, 15) is 9.59 Å². The second kappa shape index (κ2) is 12.2. The molecule has 4 rings (SSSR count). The number of methoxy groups -OCH3 is 1. The fourth-order valence-electron chi connectivity index (χ4n) is 5.14. The largest absolute Gasteiger partial charge is 0.493 e. The molecule has 2 amide bonds. The first kappa shape index (κ1) is 28.0. The highest BCUT2D eigenvalue weighted by Gasteiger charge is 2.48. The molecule has 1 saturated carbocycles. The van der Waals surface area contributed by atoms with Gasteiger partial charge in [0.25, 0.3) is 5.91 Å². The summed E-state index contributed by atoms with van der Waals surface area (Å²) < 4.78 is 13.8. The number of rotatable bonds is 10. The van der Waals surface area contributed by atoms with Crippen LogP contribution in [0.1, 0.15) is 54.4 Å². The molecule has 11 heteroatoms. The first-order valence-corrected chi connectivity index (χ1v) is 15.5. The van der Waals surface area contributed by atoms with Gasteiger partial charge < -0.3 is 25.0 Å². The van der Waals surface area contributed by atoms with Crippen molar-refractivity contribution in [3.8, 4) is 11.5 Å². The van der Waals surface area contributed by atoms with Gasteiger partial charge in [-0.2, -0.15) is 5.10 Å². The third-order valence-electron chi connectivity index (χ3n) is 7.10. The zero-order chi connectivity index (χ0) is 26.6. The summed E-state index contributed by atoms with van der Waals surface area (Å²) in [6.45, 7) is 7.63. The van der Waals surface area contributed by atoms with E-state index in [0.29, 0.717) is 51.6 Å². The first-order chi connectivity index (χ1) is 17.9. The van der Waals surface area contributed by atoms with Gasteiger partial charge in [-0.25, -0.2) is 0 Å². The molecule has 0 saturated heterocycles. The zero-order valence-electron chi connectivity index (χ0n) is 21.2. The lowest BCUT2D eigenvalue weighted by molar-refractivity contribution is -0.132. The van der Waals surface area contributed by atoms with Crippen molar-refractivity contribution in [2.45, 2.75) is 57.3 Å². The van der Waals surface area contributed by atoms with E-state index in [1.165, 1.54) is 0 Å². The highest BCUT2D eigenvalue weighted by Crippen LogP contribution is 2.36. The van der Waals surface area contributed by atoms with Crippen molar-refractivity contribution < 1.29 is 19.1 Å². The number of fused-ring (bicyclic) bond motifs is 1. The number of hydrogen-bond acceptors (Lipinski definition) is 6. The Labute approximate surface area is 245 Å². The van der Waals surface area contributed by atoms with Crippen molar-refractivity contribution in [1.29, 1.82) is 0 Å². The summed E-state index contributed by atoms with van der Waals surface area (Å²) in [6.07, 6.45) is 4.34. The topological polar surface area (TPSA) is 97.7 Å². The molecule has 0 radical (unpaired) electrons. The van der Waals surface area contributed by atoms with Crippen LogP contribution in [-0.2, 0) is 17.9 Å². The van der Waals surface area contributed by atoms with Gasteiger partial charge >= 0.3 is 0 Å². The second-order valence-electron chi connectivity index (χ2n) is 9.30. The van der Waals surface area contributed by atoms with Gasteiger partial charge in [0, 0.05) is 23.6 Å². The van der Waals surface area contributed by atoms with Gasteiger partial charge in [0.1, 0.15) is 10.2 Å². The molecular weight excluding hydrogens is 700 g/mol. The number of aromatic nitrogens is 2. The smallest absolute Gasteiger partial charge is 0.272 e. The summed E-state index contributed by atoms with van der Waals surface area (Å²) in [4.78, 5) is 28.7. The van der Waals surface area contributed by atoms with Crippen LogP contribution in [0.5, 0.6) is 11.5 Å². The Hall–Kier alpha value is -2.03. The number of nitrogens with zero attached hydrogens (tertiary/aromatic N) is 3. The minimum absolute atomic E-state index is 0.00739. The predicted octanol–water partition coefficient (Wildman–Crippen LogP) is 4.13. The lowest BCUT2D eigenvalue weighted by Crippen LogP contribution is -2.64. The molecule has 0 spiro atoms. The van der Waals surface area contributed by atoms with Gasteiger partial charge in [-0.05, 0) is 66.1 Å². The number of likely N-dealkylation sites (N-methyl/N-ethyl adjacent to an activating group) is 1. The average Bonchev–Trinajstić information content (AvgIpc) is 3.57. The number of carbonyl (C=O) groups excluding carboxylic acids is 2. The molecule has 1 aromatic heterocycles. The molecule has 1 aliphatic heterocycles. The van der Waals surface area contributed by atoms with Crippen LogP contribution in [0, 0.1) is 0 Å². The van der Waals surface area contributed by atoms with Crippen LogP contribution in [-0.4, -0.2) is 60.8 Å². The third-order valence-corrected chi connectivity index (χ3v) is 8.68. The molecule has 200 valence electrons. The van der Waals surface area contributed by atoms with E-state index in [-0.39, 0.29) is 17.9 Å². The predicted molar refractivity (Wildman–Crippen MR) is 159 cm³/mol. The van der Waals surface area contributed by atoms with Gasteiger partial charge in [-0.15, -0.1) is 0 Å². The van der Waals surface area contributed by atoms with E-state index < -0.39 is 5.54 Å². The van der Waals surface area contributed by atoms with E-state index >= 15 is 0 Å². The summed E-state index contributed by atoms with van der Waals surface area (Å²) >= 11 is 4.40. The maximum Gasteiger partial charge on any atom is 0.272 e. The van der Waals surface area contributed by atoms with Crippen molar-refractivity contribution in [1.82, 2.24) is 25.3 Å². The standard InChI is InChI=1S/C26H33I2N5O4/c1-4-32-17(2)21-12-20(24(34)29-13-18-9-10-22(36-3)23(11-18)37-16-28)31-33(21)15-26(32,14-27)25(35)30-19-7-5-6-8-19/h9-12,19H,2,4-8,13-16H2,1,3H3,(H,29,34)(H,30,35). The molecule has 2 aromatic rings.